The predicted molar refractivity (Wildman–Crippen MR) is 84.6 cm³/mol. The quantitative estimate of drug-likeness (QED) is 0.871. The highest BCUT2D eigenvalue weighted by atomic mass is 16.4. The molecule has 0 spiro atoms. The van der Waals surface area contributed by atoms with Gasteiger partial charge in [0.2, 0.25) is 0 Å². The molecule has 120 valence electrons. The van der Waals surface area contributed by atoms with Crippen molar-refractivity contribution in [3.05, 3.63) is 35.9 Å². The molecular weight excluding hydrogens is 296 g/mol. The van der Waals surface area contributed by atoms with Gasteiger partial charge in [0.15, 0.2) is 11.5 Å². The van der Waals surface area contributed by atoms with Crippen LogP contribution in [-0.2, 0) is 0 Å². The van der Waals surface area contributed by atoms with E-state index in [0.717, 1.165) is 37.4 Å². The lowest BCUT2D eigenvalue weighted by molar-refractivity contribution is 0.0690. The molecule has 8 heteroatoms. The Labute approximate surface area is 133 Å². The number of nitrogens with zero attached hydrogens (tertiary/aromatic N) is 5. The highest BCUT2D eigenvalue weighted by Gasteiger charge is 2.21. The van der Waals surface area contributed by atoms with Gasteiger partial charge in [0, 0.05) is 19.1 Å². The molecular formula is C15H18N6O2. The number of aryl methyl sites for hydroxylation is 1. The van der Waals surface area contributed by atoms with Crippen LogP contribution >= 0.6 is 0 Å². The first-order valence-electron chi connectivity index (χ1n) is 7.49. The fraction of sp³-hybridized carbons (Fsp3) is 0.400. The Morgan fingerprint density at radius 2 is 2.17 bits per heavy atom. The van der Waals surface area contributed by atoms with Gasteiger partial charge in [-0.15, -0.1) is 5.10 Å². The second-order valence-corrected chi connectivity index (χ2v) is 5.55. The van der Waals surface area contributed by atoms with Gasteiger partial charge in [0.05, 0.1) is 18.1 Å². The first-order chi connectivity index (χ1) is 11.1. The highest BCUT2D eigenvalue weighted by Crippen LogP contribution is 2.19. The average molecular weight is 314 g/mol. The Morgan fingerprint density at radius 3 is 2.83 bits per heavy atom. The van der Waals surface area contributed by atoms with Gasteiger partial charge in [-0.05, 0) is 31.9 Å². The normalized spacial score (nSPS) is 17.8. The van der Waals surface area contributed by atoms with Crippen molar-refractivity contribution >= 4 is 17.6 Å². The Bertz CT molecular complexity index is 673. The van der Waals surface area contributed by atoms with E-state index in [1.807, 2.05) is 19.1 Å². The Balaban J connectivity index is 1.64. The lowest BCUT2D eigenvalue weighted by atomic mass is 10.1. The molecule has 1 unspecified atom stereocenters. The van der Waals surface area contributed by atoms with Crippen molar-refractivity contribution in [2.24, 2.45) is 0 Å². The number of carbonyl (C=O) groups is 1. The van der Waals surface area contributed by atoms with Crippen LogP contribution in [0, 0.1) is 6.92 Å². The minimum atomic E-state index is -1.08. The second-order valence-electron chi connectivity index (χ2n) is 5.55. The lowest BCUT2D eigenvalue weighted by Gasteiger charge is -2.33. The molecule has 3 rings (SSSR count). The van der Waals surface area contributed by atoms with Crippen molar-refractivity contribution in [3.8, 4) is 0 Å². The van der Waals surface area contributed by atoms with Crippen molar-refractivity contribution in [3.63, 3.8) is 0 Å². The van der Waals surface area contributed by atoms with Gasteiger partial charge in [-0.3, -0.25) is 0 Å². The van der Waals surface area contributed by atoms with E-state index in [4.69, 9.17) is 5.11 Å². The molecule has 0 aliphatic carbocycles. The van der Waals surface area contributed by atoms with E-state index in [2.05, 4.69) is 30.4 Å². The monoisotopic (exact) mass is 314 g/mol. The zero-order chi connectivity index (χ0) is 16.2. The van der Waals surface area contributed by atoms with E-state index < -0.39 is 5.97 Å². The summed E-state index contributed by atoms with van der Waals surface area (Å²) in [6, 6.07) is 4.14. The summed E-state index contributed by atoms with van der Waals surface area (Å²) >= 11 is 0. The van der Waals surface area contributed by atoms with Crippen LogP contribution in [0.2, 0.25) is 0 Å². The highest BCUT2D eigenvalue weighted by molar-refractivity contribution is 5.84. The van der Waals surface area contributed by atoms with Crippen LogP contribution in [-0.4, -0.2) is 50.4 Å². The molecule has 1 fully saturated rings. The van der Waals surface area contributed by atoms with Gasteiger partial charge < -0.3 is 15.3 Å². The molecule has 23 heavy (non-hydrogen) atoms. The van der Waals surface area contributed by atoms with E-state index in [9.17, 15) is 4.79 Å². The van der Waals surface area contributed by atoms with E-state index in [-0.39, 0.29) is 11.7 Å². The maximum atomic E-state index is 10.8. The van der Waals surface area contributed by atoms with Crippen LogP contribution in [0.15, 0.2) is 24.5 Å². The lowest BCUT2D eigenvalue weighted by Crippen LogP contribution is -2.42. The summed E-state index contributed by atoms with van der Waals surface area (Å²) in [5.74, 6) is 0.372. The van der Waals surface area contributed by atoms with Crippen LogP contribution in [0.5, 0.6) is 0 Å². The van der Waals surface area contributed by atoms with Gasteiger partial charge in [-0.1, -0.05) is 0 Å². The summed E-state index contributed by atoms with van der Waals surface area (Å²) in [7, 11) is 0. The zero-order valence-corrected chi connectivity index (χ0v) is 12.8. The molecule has 1 atom stereocenters. The maximum Gasteiger partial charge on any atom is 0.356 e. The van der Waals surface area contributed by atoms with Crippen LogP contribution in [0.4, 0.5) is 11.6 Å². The fourth-order valence-corrected chi connectivity index (χ4v) is 2.59. The number of aromatic carboxylic acids is 1. The molecule has 8 nitrogen and oxygen atoms in total. The van der Waals surface area contributed by atoms with E-state index in [0.29, 0.717) is 5.82 Å². The van der Waals surface area contributed by atoms with E-state index >= 15 is 0 Å². The second kappa shape index (κ2) is 6.55. The van der Waals surface area contributed by atoms with Crippen LogP contribution in [0.1, 0.15) is 29.0 Å². The first-order valence-corrected chi connectivity index (χ1v) is 7.49. The third kappa shape index (κ3) is 3.71. The molecule has 2 aromatic rings. The van der Waals surface area contributed by atoms with Crippen molar-refractivity contribution in [2.75, 3.05) is 23.3 Å². The Morgan fingerprint density at radius 1 is 1.30 bits per heavy atom. The molecule has 1 aliphatic heterocycles. The third-order valence-corrected chi connectivity index (χ3v) is 3.75. The van der Waals surface area contributed by atoms with Crippen molar-refractivity contribution in [1.29, 1.82) is 0 Å². The third-order valence-electron chi connectivity index (χ3n) is 3.75. The smallest absolute Gasteiger partial charge is 0.356 e. The molecule has 0 amide bonds. The molecule has 0 saturated carbocycles. The van der Waals surface area contributed by atoms with Crippen LogP contribution in [0.25, 0.3) is 0 Å². The standard InChI is InChI=1S/C15H18N6O2/c1-10-4-5-14(20-19-10)21-6-2-3-11(9-21)18-13-8-16-12(7-17-13)15(22)23/h4-5,7-8,11H,2-3,6,9H2,1H3,(H,17,18)(H,22,23). The maximum absolute atomic E-state index is 10.8. The van der Waals surface area contributed by atoms with Gasteiger partial charge in [-0.25, -0.2) is 14.8 Å². The molecule has 0 radical (unpaired) electrons. The predicted octanol–water partition coefficient (Wildman–Crippen LogP) is 1.35. The topological polar surface area (TPSA) is 104 Å². The van der Waals surface area contributed by atoms with Crippen molar-refractivity contribution in [2.45, 2.75) is 25.8 Å². The molecule has 2 aromatic heterocycles. The van der Waals surface area contributed by atoms with Gasteiger partial charge >= 0.3 is 5.97 Å². The number of hydrogen-bond donors (Lipinski definition) is 2. The number of piperidine rings is 1. The number of anilines is 2. The SMILES string of the molecule is Cc1ccc(N2CCCC(Nc3cnc(C(=O)O)cn3)C2)nn1. The fourth-order valence-electron chi connectivity index (χ4n) is 2.59. The molecule has 2 N–H and O–H groups in total. The van der Waals surface area contributed by atoms with Crippen LogP contribution < -0.4 is 10.2 Å². The summed E-state index contributed by atoms with van der Waals surface area (Å²) in [4.78, 5) is 20.9. The Hall–Kier alpha value is -2.77. The number of carboxylic acid groups (broad SMARTS) is 1. The Kier molecular flexibility index (Phi) is 4.31. The molecule has 1 aliphatic rings. The molecule has 0 bridgehead atoms. The number of nitrogens with one attached hydrogen (secondary N) is 1. The van der Waals surface area contributed by atoms with Crippen LogP contribution in [0.3, 0.4) is 0 Å². The minimum Gasteiger partial charge on any atom is -0.476 e. The largest absolute Gasteiger partial charge is 0.476 e. The van der Waals surface area contributed by atoms with Gasteiger partial charge in [-0.2, -0.15) is 5.10 Å². The molecule has 0 aromatic carbocycles. The summed E-state index contributed by atoms with van der Waals surface area (Å²) < 4.78 is 0. The van der Waals surface area contributed by atoms with Gasteiger partial charge in [0.1, 0.15) is 5.82 Å². The summed E-state index contributed by atoms with van der Waals surface area (Å²) in [5, 5.41) is 20.5. The van der Waals surface area contributed by atoms with Crippen molar-refractivity contribution < 1.29 is 9.90 Å². The zero-order valence-electron chi connectivity index (χ0n) is 12.8. The molecule has 1 saturated heterocycles. The van der Waals surface area contributed by atoms with E-state index in [1.165, 1.54) is 12.4 Å². The summed E-state index contributed by atoms with van der Waals surface area (Å²) in [5.41, 5.74) is 0.838. The number of aromatic nitrogens is 4. The first kappa shape index (κ1) is 15.1. The summed E-state index contributed by atoms with van der Waals surface area (Å²) in [6.45, 7) is 3.65. The minimum absolute atomic E-state index is 0.0595. The molecule has 3 heterocycles. The van der Waals surface area contributed by atoms with Gasteiger partial charge in [0.25, 0.3) is 0 Å². The number of hydrogen-bond acceptors (Lipinski definition) is 7. The average Bonchev–Trinajstić information content (AvgIpc) is 2.56. The number of carboxylic acids is 1. The summed E-state index contributed by atoms with van der Waals surface area (Å²) in [6.07, 6.45) is 4.76. The van der Waals surface area contributed by atoms with Crippen molar-refractivity contribution in [1.82, 2.24) is 20.2 Å². The van der Waals surface area contributed by atoms with E-state index in [1.54, 1.807) is 0 Å². The number of rotatable bonds is 4.